The molecule has 8 nitrogen and oxygen atoms in total. The first-order valence-corrected chi connectivity index (χ1v) is 19.6. The second-order valence-electron chi connectivity index (χ2n) is 14.1. The van der Waals surface area contributed by atoms with Crippen LogP contribution >= 0.6 is 7.60 Å². The summed E-state index contributed by atoms with van der Waals surface area (Å²) in [7, 11) is 6.05. The van der Waals surface area contributed by atoms with E-state index in [4.69, 9.17) is 9.05 Å². The van der Waals surface area contributed by atoms with Gasteiger partial charge in [-0.3, -0.25) is 9.36 Å². The Bertz CT molecular complexity index is 945. The molecule has 1 aromatic rings. The maximum Gasteiger partial charge on any atom is 0.331 e. The number of carbonyl (C=O) groups is 1. The fourth-order valence-corrected chi connectivity index (χ4v) is 7.26. The number of quaternary nitrogens is 2. The minimum Gasteiger partial charge on any atom is -0.333 e. The lowest BCUT2D eigenvalue weighted by molar-refractivity contribution is -0.903. The highest BCUT2D eigenvalue weighted by molar-refractivity contribution is 7.53. The van der Waals surface area contributed by atoms with Gasteiger partial charge in [0, 0.05) is 32.1 Å². The van der Waals surface area contributed by atoms with E-state index in [-0.39, 0.29) is 5.91 Å². The zero-order chi connectivity index (χ0) is 33.6. The van der Waals surface area contributed by atoms with Crippen molar-refractivity contribution in [2.45, 2.75) is 105 Å². The van der Waals surface area contributed by atoms with Crippen molar-refractivity contribution >= 4 is 13.5 Å². The third kappa shape index (κ3) is 20.5. The van der Waals surface area contributed by atoms with E-state index in [0.29, 0.717) is 39.0 Å². The molecule has 1 N–H and O–H groups in total. The molecule has 45 heavy (non-hydrogen) atoms. The average Bonchev–Trinajstić information content (AvgIpc) is 2.96. The molecule has 0 heterocycles. The van der Waals surface area contributed by atoms with Crippen molar-refractivity contribution in [3.8, 4) is 0 Å². The van der Waals surface area contributed by atoms with Gasteiger partial charge in [0.25, 0.3) is 0 Å². The molecule has 0 aliphatic heterocycles. The predicted molar refractivity (Wildman–Crippen MR) is 190 cm³/mol. The monoisotopic (exact) mass is 655 g/mol. The van der Waals surface area contributed by atoms with E-state index in [1.54, 1.807) is 6.92 Å². The number of likely N-dealkylation sites (N-methyl/N-ethyl adjacent to an activating group) is 1. The Morgan fingerprint density at radius 1 is 0.733 bits per heavy atom. The number of nitrogens with one attached hydrogen (secondary N) is 1. The van der Waals surface area contributed by atoms with Crippen LogP contribution in [-0.2, 0) is 31.5 Å². The number of benzene rings is 1. The van der Waals surface area contributed by atoms with Crippen LogP contribution in [0.5, 0.6) is 0 Å². The van der Waals surface area contributed by atoms with E-state index in [9.17, 15) is 9.36 Å². The maximum atomic E-state index is 12.6. The SMILES string of the molecule is CCCCCCCCCCCC[N+](C)(C)Cc1ccc(CN(CC[N+](C)(C)CCNCCP(=O)(OCC)OCC)C(C)=O)cc1. The predicted octanol–water partition coefficient (Wildman–Crippen LogP) is 7.46. The standard InChI is InChI=1S/C36H71N4O4P/c1-9-12-13-14-15-16-17-18-19-20-28-40(7,8)33-36-23-21-35(22-24-36)32-38(34(4)41)27-30-39(5,6)29-25-37-26-31-45(42,43-10-2)44-11-3/h21-24,37H,9-20,25-33H2,1-8H3/q+2. The van der Waals surface area contributed by atoms with Crippen molar-refractivity contribution in [1.29, 1.82) is 0 Å². The molecule has 0 saturated heterocycles. The largest absolute Gasteiger partial charge is 0.333 e. The van der Waals surface area contributed by atoms with Crippen LogP contribution < -0.4 is 5.32 Å². The number of rotatable bonds is 28. The third-order valence-corrected chi connectivity index (χ3v) is 10.7. The maximum absolute atomic E-state index is 12.6. The van der Waals surface area contributed by atoms with Crippen molar-refractivity contribution in [2.75, 3.05) is 86.8 Å². The minimum atomic E-state index is -3.01. The van der Waals surface area contributed by atoms with E-state index in [2.05, 4.69) is 64.7 Å². The molecule has 0 bridgehead atoms. The Kier molecular flexibility index (Phi) is 21.4. The fourth-order valence-electron chi connectivity index (χ4n) is 5.70. The molecule has 0 fully saturated rings. The fraction of sp³-hybridized carbons (Fsp3) is 0.806. The second-order valence-corrected chi connectivity index (χ2v) is 16.2. The molecule has 9 heteroatoms. The number of hydrogen-bond donors (Lipinski definition) is 1. The summed E-state index contributed by atoms with van der Waals surface area (Å²) in [6.07, 6.45) is 14.1. The van der Waals surface area contributed by atoms with E-state index in [1.807, 2.05) is 18.7 Å². The molecule has 0 saturated carbocycles. The second kappa shape index (κ2) is 23.1. The van der Waals surface area contributed by atoms with Gasteiger partial charge in [0.1, 0.15) is 6.54 Å². The highest BCUT2D eigenvalue weighted by atomic mass is 31.2. The summed E-state index contributed by atoms with van der Waals surface area (Å²) in [5.74, 6) is 0.106. The Hall–Kier alpha value is -1.28. The van der Waals surface area contributed by atoms with Crippen molar-refractivity contribution in [3.05, 3.63) is 35.4 Å². The van der Waals surface area contributed by atoms with Gasteiger partial charge in [-0.1, -0.05) is 82.6 Å². The molecule has 0 atom stereocenters. The first kappa shape index (κ1) is 41.7. The molecular weight excluding hydrogens is 583 g/mol. The van der Waals surface area contributed by atoms with Gasteiger partial charge in [0.05, 0.1) is 73.7 Å². The lowest BCUT2D eigenvalue weighted by atomic mass is 10.1. The highest BCUT2D eigenvalue weighted by Gasteiger charge is 2.23. The number of carbonyl (C=O) groups excluding carboxylic acids is 1. The Morgan fingerprint density at radius 2 is 1.27 bits per heavy atom. The van der Waals surface area contributed by atoms with Crippen LogP contribution in [0.25, 0.3) is 0 Å². The van der Waals surface area contributed by atoms with Gasteiger partial charge in [-0.05, 0) is 32.3 Å². The highest BCUT2D eigenvalue weighted by Crippen LogP contribution is 2.47. The van der Waals surface area contributed by atoms with Crippen LogP contribution in [0.2, 0.25) is 0 Å². The third-order valence-electron chi connectivity index (χ3n) is 8.65. The summed E-state index contributed by atoms with van der Waals surface area (Å²) in [4.78, 5) is 14.5. The van der Waals surface area contributed by atoms with Crippen LogP contribution in [0.1, 0.15) is 103 Å². The van der Waals surface area contributed by atoms with Gasteiger partial charge in [0.15, 0.2) is 0 Å². The summed E-state index contributed by atoms with van der Waals surface area (Å²) < 4.78 is 25.2. The van der Waals surface area contributed by atoms with Crippen molar-refractivity contribution in [1.82, 2.24) is 10.2 Å². The molecule has 0 unspecified atom stereocenters. The zero-order valence-corrected chi connectivity index (χ0v) is 31.5. The Labute approximate surface area is 277 Å². The molecule has 0 aromatic heterocycles. The first-order chi connectivity index (χ1) is 21.4. The molecule has 0 spiro atoms. The van der Waals surface area contributed by atoms with Crippen molar-refractivity contribution < 1.29 is 27.4 Å². The van der Waals surface area contributed by atoms with Gasteiger partial charge in [0.2, 0.25) is 5.91 Å². The summed E-state index contributed by atoms with van der Waals surface area (Å²) in [6.45, 7) is 15.1. The van der Waals surface area contributed by atoms with Gasteiger partial charge >= 0.3 is 7.60 Å². The number of hydrogen-bond acceptors (Lipinski definition) is 5. The van der Waals surface area contributed by atoms with Crippen LogP contribution in [0.4, 0.5) is 0 Å². The van der Waals surface area contributed by atoms with Crippen LogP contribution in [0.3, 0.4) is 0 Å². The summed E-state index contributed by atoms with van der Waals surface area (Å²) in [5.41, 5.74) is 2.53. The van der Waals surface area contributed by atoms with E-state index >= 15 is 0 Å². The average molecular weight is 655 g/mol. The number of nitrogens with zero attached hydrogens (tertiary/aromatic N) is 3. The van der Waals surface area contributed by atoms with Crippen LogP contribution in [0, 0.1) is 0 Å². The van der Waals surface area contributed by atoms with E-state index in [1.165, 1.54) is 81.9 Å². The molecule has 1 amide bonds. The lowest BCUT2D eigenvalue weighted by Gasteiger charge is -2.33. The molecule has 0 radical (unpaired) electrons. The quantitative estimate of drug-likeness (QED) is 0.0577. The normalized spacial score (nSPS) is 12.5. The Balaban J connectivity index is 2.41. The minimum absolute atomic E-state index is 0.106. The molecular formula is C36H71N4O4P+2. The van der Waals surface area contributed by atoms with Crippen LogP contribution in [-0.4, -0.2) is 107 Å². The van der Waals surface area contributed by atoms with E-state index in [0.717, 1.165) is 35.1 Å². The van der Waals surface area contributed by atoms with Gasteiger partial charge in [-0.15, -0.1) is 0 Å². The first-order valence-electron chi connectivity index (χ1n) is 17.9. The summed E-state index contributed by atoms with van der Waals surface area (Å²) in [5, 5.41) is 3.38. The Morgan fingerprint density at radius 3 is 1.80 bits per heavy atom. The molecule has 262 valence electrons. The smallest absolute Gasteiger partial charge is 0.331 e. The van der Waals surface area contributed by atoms with Crippen LogP contribution in [0.15, 0.2) is 24.3 Å². The molecule has 0 aliphatic rings. The zero-order valence-electron chi connectivity index (χ0n) is 30.6. The number of amides is 1. The van der Waals surface area contributed by atoms with Crippen molar-refractivity contribution in [2.24, 2.45) is 0 Å². The molecule has 0 aliphatic carbocycles. The van der Waals surface area contributed by atoms with Gasteiger partial charge in [-0.25, -0.2) is 0 Å². The van der Waals surface area contributed by atoms with Gasteiger partial charge in [-0.2, -0.15) is 0 Å². The molecule has 1 rings (SSSR count). The summed E-state index contributed by atoms with van der Waals surface area (Å²) >= 11 is 0. The van der Waals surface area contributed by atoms with Gasteiger partial charge < -0.3 is 28.2 Å². The molecule has 1 aromatic carbocycles. The van der Waals surface area contributed by atoms with E-state index < -0.39 is 7.60 Å². The van der Waals surface area contributed by atoms with Crippen molar-refractivity contribution in [3.63, 3.8) is 0 Å². The lowest BCUT2D eigenvalue weighted by Crippen LogP contribution is -2.49. The summed E-state index contributed by atoms with van der Waals surface area (Å²) in [6, 6.07) is 8.87. The number of unbranched alkanes of at least 4 members (excludes halogenated alkanes) is 9. The topological polar surface area (TPSA) is 67.9 Å².